The zero-order chi connectivity index (χ0) is 18.1. The van der Waals surface area contributed by atoms with E-state index < -0.39 is 0 Å². The van der Waals surface area contributed by atoms with E-state index in [0.29, 0.717) is 18.9 Å². The Labute approximate surface area is 152 Å². The van der Waals surface area contributed by atoms with Crippen molar-refractivity contribution in [1.82, 2.24) is 15.3 Å². The summed E-state index contributed by atoms with van der Waals surface area (Å²) in [5, 5.41) is 12.0. The lowest BCUT2D eigenvalue weighted by Crippen LogP contribution is -2.32. The van der Waals surface area contributed by atoms with Crippen LogP contribution in [0.3, 0.4) is 0 Å². The molecule has 8 heteroatoms. The molecule has 25 heavy (non-hydrogen) atoms. The number of carbonyl (C=O) groups excluding carboxylic acids is 1. The van der Waals surface area contributed by atoms with Crippen LogP contribution in [0, 0.1) is 6.92 Å². The summed E-state index contributed by atoms with van der Waals surface area (Å²) in [6, 6.07) is 9.35. The number of nitrogens with one attached hydrogen (secondary N) is 4. The number of urea groups is 1. The van der Waals surface area contributed by atoms with Crippen molar-refractivity contribution in [3.63, 3.8) is 0 Å². The Morgan fingerprint density at radius 3 is 2.60 bits per heavy atom. The number of anilines is 3. The highest BCUT2D eigenvalue weighted by Gasteiger charge is 2.03. The molecule has 0 atom stereocenters. The van der Waals surface area contributed by atoms with Crippen molar-refractivity contribution in [2.45, 2.75) is 18.7 Å². The normalized spacial score (nSPS) is 10.2. The fourth-order valence-corrected chi connectivity index (χ4v) is 2.63. The Bertz CT molecular complexity index is 709. The Morgan fingerprint density at radius 2 is 1.88 bits per heavy atom. The van der Waals surface area contributed by atoms with Gasteiger partial charge in [-0.3, -0.25) is 0 Å². The number of thioether (sulfide) groups is 1. The molecule has 0 saturated carbocycles. The molecule has 4 N–H and O–H groups in total. The Hall–Kier alpha value is -2.48. The molecular weight excluding hydrogens is 336 g/mol. The number of aryl methyl sites for hydroxylation is 1. The number of carbonyl (C=O) groups is 1. The van der Waals surface area contributed by atoms with Gasteiger partial charge in [0.05, 0.1) is 0 Å². The second-order valence-corrected chi connectivity index (χ2v) is 6.14. The lowest BCUT2D eigenvalue weighted by molar-refractivity contribution is 0.252. The van der Waals surface area contributed by atoms with Crippen molar-refractivity contribution in [1.29, 1.82) is 0 Å². The summed E-state index contributed by atoms with van der Waals surface area (Å²) in [4.78, 5) is 21.7. The third kappa shape index (κ3) is 6.50. The molecule has 0 aliphatic rings. The van der Waals surface area contributed by atoms with Crippen LogP contribution in [0.2, 0.25) is 0 Å². The molecule has 2 amide bonds. The minimum Gasteiger partial charge on any atom is -0.370 e. The van der Waals surface area contributed by atoms with E-state index in [-0.39, 0.29) is 6.03 Å². The van der Waals surface area contributed by atoms with Crippen molar-refractivity contribution < 1.29 is 4.79 Å². The number of rotatable bonds is 8. The van der Waals surface area contributed by atoms with E-state index in [4.69, 9.17) is 0 Å². The van der Waals surface area contributed by atoms with Gasteiger partial charge in [-0.05, 0) is 38.3 Å². The molecule has 0 fully saturated rings. The second kappa shape index (κ2) is 9.73. The van der Waals surface area contributed by atoms with Gasteiger partial charge in [-0.1, -0.05) is 6.07 Å². The minimum atomic E-state index is -0.229. The van der Waals surface area contributed by atoms with Gasteiger partial charge in [0.2, 0.25) is 0 Å². The highest BCUT2D eigenvalue weighted by Crippen LogP contribution is 2.18. The van der Waals surface area contributed by atoms with Crippen LogP contribution < -0.4 is 21.3 Å². The molecular formula is C17H24N6OS. The molecule has 7 nitrogen and oxygen atoms in total. The first-order valence-corrected chi connectivity index (χ1v) is 9.35. The van der Waals surface area contributed by atoms with Crippen molar-refractivity contribution in [3.05, 3.63) is 36.2 Å². The predicted molar refractivity (Wildman–Crippen MR) is 105 cm³/mol. The number of hydrogen-bond acceptors (Lipinski definition) is 6. The lowest BCUT2D eigenvalue weighted by atomic mass is 10.3. The maximum absolute atomic E-state index is 11.9. The Balaban J connectivity index is 1.76. The van der Waals surface area contributed by atoms with E-state index >= 15 is 0 Å². The third-order valence-corrected chi connectivity index (χ3v) is 3.97. The van der Waals surface area contributed by atoms with Crippen molar-refractivity contribution in [2.24, 2.45) is 0 Å². The van der Waals surface area contributed by atoms with Crippen LogP contribution in [0.5, 0.6) is 0 Å². The number of amides is 2. The molecule has 134 valence electrons. The molecule has 2 aromatic rings. The molecule has 0 aliphatic heterocycles. The average molecular weight is 360 g/mol. The van der Waals surface area contributed by atoms with Gasteiger partial charge in [0.25, 0.3) is 0 Å². The van der Waals surface area contributed by atoms with Gasteiger partial charge in [-0.15, -0.1) is 11.8 Å². The highest BCUT2D eigenvalue weighted by molar-refractivity contribution is 7.98. The fraction of sp³-hybridized carbons (Fsp3) is 0.353. The van der Waals surface area contributed by atoms with E-state index in [1.807, 2.05) is 50.4 Å². The molecule has 2 rings (SSSR count). The standard InChI is InChI=1S/C17H24N6OS/c1-4-18-15-11-16(22-12(2)21-15)19-8-9-20-17(24)23-13-6-5-7-14(10-13)25-3/h5-7,10-11H,4,8-9H2,1-3H3,(H2,20,23,24)(H2,18,19,21,22). The molecule has 1 heterocycles. The van der Waals surface area contributed by atoms with Gasteiger partial charge in [-0.25, -0.2) is 14.8 Å². The van der Waals surface area contributed by atoms with Crippen LogP contribution in [-0.4, -0.2) is 41.9 Å². The largest absolute Gasteiger partial charge is 0.370 e. The molecule has 1 aromatic carbocycles. The van der Waals surface area contributed by atoms with E-state index in [0.717, 1.165) is 28.8 Å². The molecule has 0 bridgehead atoms. The molecule has 1 aromatic heterocycles. The number of nitrogens with zero attached hydrogens (tertiary/aromatic N) is 2. The third-order valence-electron chi connectivity index (χ3n) is 3.24. The number of aromatic nitrogens is 2. The first-order chi connectivity index (χ1) is 12.1. The van der Waals surface area contributed by atoms with Gasteiger partial charge in [0.15, 0.2) is 0 Å². The monoisotopic (exact) mass is 360 g/mol. The van der Waals surface area contributed by atoms with Gasteiger partial charge < -0.3 is 21.3 Å². The van der Waals surface area contributed by atoms with Gasteiger partial charge in [0.1, 0.15) is 17.5 Å². The van der Waals surface area contributed by atoms with E-state index in [1.165, 1.54) is 0 Å². The van der Waals surface area contributed by atoms with Crippen LogP contribution in [-0.2, 0) is 0 Å². The van der Waals surface area contributed by atoms with Crippen LogP contribution in [0.4, 0.5) is 22.1 Å². The molecule has 0 aliphatic carbocycles. The summed E-state index contributed by atoms with van der Waals surface area (Å²) in [5.41, 5.74) is 0.777. The van der Waals surface area contributed by atoms with E-state index in [1.54, 1.807) is 11.8 Å². The summed E-state index contributed by atoms with van der Waals surface area (Å²) < 4.78 is 0. The zero-order valence-electron chi connectivity index (χ0n) is 14.7. The Kier molecular flexibility index (Phi) is 7.34. The van der Waals surface area contributed by atoms with E-state index in [2.05, 4.69) is 31.2 Å². The molecule has 0 spiro atoms. The minimum absolute atomic E-state index is 0.229. The van der Waals surface area contributed by atoms with Gasteiger partial charge in [-0.2, -0.15) is 0 Å². The zero-order valence-corrected chi connectivity index (χ0v) is 15.5. The molecule has 0 unspecified atom stereocenters. The van der Waals surface area contributed by atoms with Crippen LogP contribution in [0.1, 0.15) is 12.7 Å². The van der Waals surface area contributed by atoms with E-state index in [9.17, 15) is 4.79 Å². The van der Waals surface area contributed by atoms with Gasteiger partial charge in [0, 0.05) is 36.3 Å². The topological polar surface area (TPSA) is 91.0 Å². The Morgan fingerprint density at radius 1 is 1.12 bits per heavy atom. The van der Waals surface area contributed by atoms with Crippen LogP contribution in [0.25, 0.3) is 0 Å². The highest BCUT2D eigenvalue weighted by atomic mass is 32.2. The quantitative estimate of drug-likeness (QED) is 0.427. The summed E-state index contributed by atoms with van der Waals surface area (Å²) in [6.07, 6.45) is 2.00. The predicted octanol–water partition coefficient (Wildman–Crippen LogP) is 3.17. The SMILES string of the molecule is CCNc1cc(NCCNC(=O)Nc2cccc(SC)c2)nc(C)n1. The first-order valence-electron chi connectivity index (χ1n) is 8.13. The van der Waals surface area contributed by atoms with Crippen molar-refractivity contribution in [3.8, 4) is 0 Å². The molecule has 0 saturated heterocycles. The second-order valence-electron chi connectivity index (χ2n) is 5.26. The van der Waals surface area contributed by atoms with Crippen LogP contribution >= 0.6 is 11.8 Å². The smallest absolute Gasteiger partial charge is 0.319 e. The number of hydrogen-bond donors (Lipinski definition) is 4. The van der Waals surface area contributed by atoms with Crippen molar-refractivity contribution >= 4 is 35.1 Å². The van der Waals surface area contributed by atoms with Crippen LogP contribution in [0.15, 0.2) is 35.2 Å². The number of benzene rings is 1. The summed E-state index contributed by atoms with van der Waals surface area (Å²) in [6.45, 7) is 5.71. The summed E-state index contributed by atoms with van der Waals surface area (Å²) >= 11 is 1.64. The fourth-order valence-electron chi connectivity index (χ4n) is 2.17. The summed E-state index contributed by atoms with van der Waals surface area (Å²) in [5.74, 6) is 2.22. The lowest BCUT2D eigenvalue weighted by Gasteiger charge is -2.11. The average Bonchev–Trinajstić information content (AvgIpc) is 2.59. The molecule has 0 radical (unpaired) electrons. The van der Waals surface area contributed by atoms with Gasteiger partial charge >= 0.3 is 6.03 Å². The van der Waals surface area contributed by atoms with Crippen molar-refractivity contribution in [2.75, 3.05) is 41.8 Å². The first kappa shape index (κ1) is 18.9. The summed E-state index contributed by atoms with van der Waals surface area (Å²) in [7, 11) is 0. The maximum Gasteiger partial charge on any atom is 0.319 e. The maximum atomic E-state index is 11.9.